The van der Waals surface area contributed by atoms with Gasteiger partial charge in [-0.25, -0.2) is 0 Å². The molecule has 0 radical (unpaired) electrons. The normalized spacial score (nSPS) is 11.5. The lowest BCUT2D eigenvalue weighted by Gasteiger charge is -2.06. The second kappa shape index (κ2) is 18.8. The van der Waals surface area contributed by atoms with Crippen LogP contribution in [0.25, 0.3) is 0 Å². The van der Waals surface area contributed by atoms with Crippen molar-refractivity contribution in [1.29, 1.82) is 0 Å². The third-order valence-corrected chi connectivity index (χ3v) is 5.77. The topological polar surface area (TPSA) is 43.2 Å². The molecule has 186 valence electrons. The van der Waals surface area contributed by atoms with E-state index < -0.39 is 0 Å². The SMILES string of the molecule is CCCCCCCCOc1ccc(C=N/N=C/c2ccc(OCCCCCCCC)cc2)cc1. The van der Waals surface area contributed by atoms with Crippen molar-refractivity contribution in [3.05, 3.63) is 59.7 Å². The molecule has 34 heavy (non-hydrogen) atoms. The van der Waals surface area contributed by atoms with Crippen LogP contribution in [-0.4, -0.2) is 25.6 Å². The zero-order valence-electron chi connectivity index (χ0n) is 21.4. The Morgan fingerprint density at radius 3 is 1.24 bits per heavy atom. The maximum Gasteiger partial charge on any atom is 0.119 e. The summed E-state index contributed by atoms with van der Waals surface area (Å²) in [6, 6.07) is 16.0. The number of ether oxygens (including phenoxy) is 2. The summed E-state index contributed by atoms with van der Waals surface area (Å²) >= 11 is 0. The van der Waals surface area contributed by atoms with Gasteiger partial charge in [0.1, 0.15) is 11.5 Å². The van der Waals surface area contributed by atoms with Crippen LogP contribution in [0.5, 0.6) is 11.5 Å². The first-order valence-corrected chi connectivity index (χ1v) is 13.3. The molecule has 0 unspecified atom stereocenters. The van der Waals surface area contributed by atoms with E-state index in [1.165, 1.54) is 64.2 Å². The van der Waals surface area contributed by atoms with E-state index in [0.717, 1.165) is 48.7 Å². The minimum atomic E-state index is 0.784. The van der Waals surface area contributed by atoms with E-state index in [9.17, 15) is 0 Å². The van der Waals surface area contributed by atoms with Crippen molar-refractivity contribution in [2.24, 2.45) is 10.2 Å². The summed E-state index contributed by atoms with van der Waals surface area (Å²) in [4.78, 5) is 0. The van der Waals surface area contributed by atoms with Crippen LogP contribution in [-0.2, 0) is 0 Å². The molecule has 0 saturated heterocycles. The maximum atomic E-state index is 5.83. The Kier molecular flexibility index (Phi) is 15.2. The van der Waals surface area contributed by atoms with Gasteiger partial charge in [0.15, 0.2) is 0 Å². The van der Waals surface area contributed by atoms with Crippen LogP contribution < -0.4 is 9.47 Å². The lowest BCUT2D eigenvalue weighted by molar-refractivity contribution is 0.304. The van der Waals surface area contributed by atoms with Gasteiger partial charge in [-0.2, -0.15) is 10.2 Å². The van der Waals surface area contributed by atoms with Gasteiger partial charge < -0.3 is 9.47 Å². The van der Waals surface area contributed by atoms with E-state index >= 15 is 0 Å². The zero-order chi connectivity index (χ0) is 24.1. The summed E-state index contributed by atoms with van der Waals surface area (Å²) in [5, 5.41) is 8.33. The third kappa shape index (κ3) is 13.2. The molecule has 0 fully saturated rings. The number of hydrogen-bond donors (Lipinski definition) is 0. The summed E-state index contributed by atoms with van der Waals surface area (Å²) in [6.07, 6.45) is 18.8. The Labute approximate surface area is 207 Å². The molecule has 0 N–H and O–H groups in total. The standard InChI is InChI=1S/C30H44N2O2/c1-3-5-7-9-11-13-23-33-29-19-15-27(16-20-29)25-31-32-26-28-17-21-30(22-18-28)34-24-14-12-10-8-6-4-2/h15-22,25-26H,3-14,23-24H2,1-2H3/b31-25+,32-26?. The number of rotatable bonds is 19. The highest BCUT2D eigenvalue weighted by molar-refractivity contribution is 5.82. The molecule has 0 atom stereocenters. The summed E-state index contributed by atoms with van der Waals surface area (Å²) in [5.74, 6) is 1.82. The molecule has 4 heteroatoms. The van der Waals surface area contributed by atoms with Gasteiger partial charge in [0.05, 0.1) is 25.6 Å². The Morgan fingerprint density at radius 2 is 0.853 bits per heavy atom. The summed E-state index contributed by atoms with van der Waals surface area (Å²) in [6.45, 7) is 6.06. The third-order valence-electron chi connectivity index (χ3n) is 5.77. The second-order valence-electron chi connectivity index (χ2n) is 8.86. The summed E-state index contributed by atoms with van der Waals surface area (Å²) < 4.78 is 11.7. The molecular formula is C30H44N2O2. The Hall–Kier alpha value is -2.62. The number of benzene rings is 2. The molecule has 0 aromatic heterocycles. The summed E-state index contributed by atoms with van der Waals surface area (Å²) in [5.41, 5.74) is 2.00. The average Bonchev–Trinajstić information content (AvgIpc) is 2.87. The van der Waals surface area contributed by atoms with E-state index in [4.69, 9.17) is 9.47 Å². The van der Waals surface area contributed by atoms with Crippen molar-refractivity contribution in [3.8, 4) is 11.5 Å². The van der Waals surface area contributed by atoms with Gasteiger partial charge in [-0.15, -0.1) is 0 Å². The predicted molar refractivity (Wildman–Crippen MR) is 146 cm³/mol. The zero-order valence-corrected chi connectivity index (χ0v) is 21.4. The first kappa shape index (κ1) is 27.6. The molecule has 0 amide bonds. The molecule has 0 aliphatic carbocycles. The van der Waals surface area contributed by atoms with Gasteiger partial charge in [-0.3, -0.25) is 0 Å². The van der Waals surface area contributed by atoms with E-state index in [0.29, 0.717) is 0 Å². The highest BCUT2D eigenvalue weighted by Crippen LogP contribution is 2.14. The first-order chi connectivity index (χ1) is 16.8. The van der Waals surface area contributed by atoms with Crippen LogP contribution >= 0.6 is 0 Å². The number of nitrogens with zero attached hydrogens (tertiary/aromatic N) is 2. The van der Waals surface area contributed by atoms with E-state index in [1.54, 1.807) is 12.4 Å². The maximum absolute atomic E-state index is 5.83. The molecule has 0 saturated carbocycles. The molecular weight excluding hydrogens is 420 g/mol. The van der Waals surface area contributed by atoms with Crippen molar-refractivity contribution in [2.75, 3.05) is 13.2 Å². The minimum Gasteiger partial charge on any atom is -0.494 e. The van der Waals surface area contributed by atoms with Crippen LogP contribution in [0.4, 0.5) is 0 Å². The molecule has 0 aliphatic rings. The highest BCUT2D eigenvalue weighted by atomic mass is 16.5. The average molecular weight is 465 g/mol. The van der Waals surface area contributed by atoms with Gasteiger partial charge in [0.25, 0.3) is 0 Å². The Morgan fingerprint density at radius 1 is 0.500 bits per heavy atom. The molecule has 2 rings (SSSR count). The monoisotopic (exact) mass is 464 g/mol. The number of unbranched alkanes of at least 4 members (excludes halogenated alkanes) is 10. The molecule has 2 aromatic carbocycles. The second-order valence-corrected chi connectivity index (χ2v) is 8.86. The van der Waals surface area contributed by atoms with Crippen LogP contribution in [0.15, 0.2) is 58.7 Å². The highest BCUT2D eigenvalue weighted by Gasteiger charge is 1.97. The summed E-state index contributed by atoms with van der Waals surface area (Å²) in [7, 11) is 0. The molecule has 0 aliphatic heterocycles. The van der Waals surface area contributed by atoms with E-state index in [-0.39, 0.29) is 0 Å². The van der Waals surface area contributed by atoms with Gasteiger partial charge in [-0.1, -0.05) is 78.1 Å². The first-order valence-electron chi connectivity index (χ1n) is 13.3. The van der Waals surface area contributed by atoms with Gasteiger partial charge in [-0.05, 0) is 72.5 Å². The van der Waals surface area contributed by atoms with Gasteiger partial charge >= 0.3 is 0 Å². The quantitative estimate of drug-likeness (QED) is 0.119. The lowest BCUT2D eigenvalue weighted by Crippen LogP contribution is -1.97. The van der Waals surface area contributed by atoms with Crippen molar-refractivity contribution in [2.45, 2.75) is 90.9 Å². The molecule has 0 heterocycles. The fourth-order valence-electron chi connectivity index (χ4n) is 3.65. The molecule has 0 bridgehead atoms. The van der Waals surface area contributed by atoms with Crippen molar-refractivity contribution < 1.29 is 9.47 Å². The van der Waals surface area contributed by atoms with E-state index in [2.05, 4.69) is 24.1 Å². The van der Waals surface area contributed by atoms with Crippen LogP contribution in [0.3, 0.4) is 0 Å². The fraction of sp³-hybridized carbons (Fsp3) is 0.533. The lowest BCUT2D eigenvalue weighted by atomic mass is 10.1. The van der Waals surface area contributed by atoms with Crippen molar-refractivity contribution in [3.63, 3.8) is 0 Å². The van der Waals surface area contributed by atoms with Crippen LogP contribution in [0.2, 0.25) is 0 Å². The number of hydrogen-bond acceptors (Lipinski definition) is 4. The van der Waals surface area contributed by atoms with Gasteiger partial charge in [0, 0.05) is 0 Å². The molecule has 0 spiro atoms. The largest absolute Gasteiger partial charge is 0.494 e. The molecule has 2 aromatic rings. The van der Waals surface area contributed by atoms with Crippen molar-refractivity contribution in [1.82, 2.24) is 0 Å². The smallest absolute Gasteiger partial charge is 0.119 e. The van der Waals surface area contributed by atoms with Crippen LogP contribution in [0.1, 0.15) is 102 Å². The fourth-order valence-corrected chi connectivity index (χ4v) is 3.65. The predicted octanol–water partition coefficient (Wildman–Crippen LogP) is 8.62. The minimum absolute atomic E-state index is 0.784. The molecule has 4 nitrogen and oxygen atoms in total. The van der Waals surface area contributed by atoms with Crippen molar-refractivity contribution >= 4 is 12.4 Å². The van der Waals surface area contributed by atoms with Crippen LogP contribution in [0, 0.1) is 0 Å². The Bertz CT molecular complexity index is 728. The van der Waals surface area contributed by atoms with E-state index in [1.807, 2.05) is 48.5 Å². The van der Waals surface area contributed by atoms with Gasteiger partial charge in [0.2, 0.25) is 0 Å². The Balaban J connectivity index is 1.62.